The summed E-state index contributed by atoms with van der Waals surface area (Å²) in [4.78, 5) is 23.8. The number of allylic oxidation sites excluding steroid dienone is 1. The van der Waals surface area contributed by atoms with Crippen molar-refractivity contribution in [2.24, 2.45) is 17.3 Å². The van der Waals surface area contributed by atoms with Crippen molar-refractivity contribution in [3.05, 3.63) is 22.8 Å². The van der Waals surface area contributed by atoms with Crippen LogP contribution >= 0.6 is 0 Å². The third kappa shape index (κ3) is 2.91. The molecule has 0 aromatic rings. The Morgan fingerprint density at radius 1 is 1.29 bits per heavy atom. The number of esters is 2. The molecule has 0 bridgehead atoms. The molecule has 3 rings (SSSR count). The highest BCUT2D eigenvalue weighted by molar-refractivity contribution is 5.91. The molecular weight excluding hydrogens is 304 g/mol. The van der Waals surface area contributed by atoms with Crippen LogP contribution in [0.4, 0.5) is 0 Å². The third-order valence-electron chi connectivity index (χ3n) is 6.41. The Kier molecular flexibility index (Phi) is 4.35. The summed E-state index contributed by atoms with van der Waals surface area (Å²) in [5.74, 6) is 0.461. The lowest BCUT2D eigenvalue weighted by molar-refractivity contribution is -0.152. The van der Waals surface area contributed by atoms with Gasteiger partial charge in [0.25, 0.3) is 0 Å². The van der Waals surface area contributed by atoms with Gasteiger partial charge in [0.1, 0.15) is 12.2 Å². The number of rotatable bonds is 2. The fourth-order valence-corrected chi connectivity index (χ4v) is 4.73. The fourth-order valence-electron chi connectivity index (χ4n) is 4.73. The van der Waals surface area contributed by atoms with Gasteiger partial charge in [-0.1, -0.05) is 19.4 Å². The Morgan fingerprint density at radius 3 is 2.67 bits per heavy atom. The molecule has 5 atom stereocenters. The predicted octanol–water partition coefficient (Wildman–Crippen LogP) is 3.95. The van der Waals surface area contributed by atoms with Gasteiger partial charge in [0.05, 0.1) is 0 Å². The zero-order valence-electron chi connectivity index (χ0n) is 15.3. The van der Waals surface area contributed by atoms with Gasteiger partial charge in [-0.05, 0) is 69.3 Å². The average molecular weight is 332 g/mol. The second-order valence-electron chi connectivity index (χ2n) is 8.31. The highest BCUT2D eigenvalue weighted by atomic mass is 16.6. The van der Waals surface area contributed by atoms with Gasteiger partial charge in [-0.3, -0.25) is 0 Å². The first-order valence-electron chi connectivity index (χ1n) is 8.97. The molecule has 2 aliphatic carbocycles. The van der Waals surface area contributed by atoms with Gasteiger partial charge in [0.2, 0.25) is 0 Å². The van der Waals surface area contributed by atoms with Crippen LogP contribution in [-0.4, -0.2) is 24.1 Å². The van der Waals surface area contributed by atoms with Gasteiger partial charge >= 0.3 is 11.9 Å². The summed E-state index contributed by atoms with van der Waals surface area (Å²) in [7, 11) is 0. The number of carbonyl (C=O) groups is 2. The fraction of sp³-hybridized carbons (Fsp3) is 0.700. The molecule has 0 N–H and O–H groups in total. The highest BCUT2D eigenvalue weighted by Crippen LogP contribution is 2.57. The summed E-state index contributed by atoms with van der Waals surface area (Å²) in [6, 6.07) is 0. The van der Waals surface area contributed by atoms with Gasteiger partial charge in [-0.15, -0.1) is 0 Å². The first-order chi connectivity index (χ1) is 11.2. The lowest BCUT2D eigenvalue weighted by Crippen LogP contribution is -2.48. The highest BCUT2D eigenvalue weighted by Gasteiger charge is 2.53. The molecular formula is C20H28O4. The number of hydrogen-bond donors (Lipinski definition) is 0. The van der Waals surface area contributed by atoms with Crippen molar-refractivity contribution in [2.75, 3.05) is 0 Å². The minimum atomic E-state index is -0.240. The minimum Gasteiger partial charge on any atom is -0.459 e. The molecule has 4 nitrogen and oxygen atoms in total. The summed E-state index contributed by atoms with van der Waals surface area (Å²) < 4.78 is 11.2. The Labute approximate surface area is 144 Å². The van der Waals surface area contributed by atoms with E-state index in [1.54, 1.807) is 6.08 Å². The monoisotopic (exact) mass is 332 g/mol. The SMILES string of the molecule is CC(C)=CC(=O)O[C@H]1C[C@@H]2C[C@H]3OC(=O)C(C)=C3C[C@]2(C)[C@@H](C)C1. The van der Waals surface area contributed by atoms with Crippen LogP contribution in [-0.2, 0) is 19.1 Å². The molecule has 132 valence electrons. The second-order valence-corrected chi connectivity index (χ2v) is 8.31. The van der Waals surface area contributed by atoms with E-state index in [9.17, 15) is 9.59 Å². The van der Waals surface area contributed by atoms with E-state index in [-0.39, 0.29) is 29.6 Å². The van der Waals surface area contributed by atoms with Crippen molar-refractivity contribution in [3.63, 3.8) is 0 Å². The Balaban J connectivity index is 1.76. The number of carbonyl (C=O) groups excluding carboxylic acids is 2. The number of hydrogen-bond acceptors (Lipinski definition) is 4. The lowest BCUT2D eigenvalue weighted by atomic mass is 9.54. The summed E-state index contributed by atoms with van der Waals surface area (Å²) in [6.07, 6.45) is 5.00. The molecule has 1 heterocycles. The zero-order chi connectivity index (χ0) is 17.6. The van der Waals surface area contributed by atoms with Crippen molar-refractivity contribution in [1.29, 1.82) is 0 Å². The lowest BCUT2D eigenvalue weighted by Gasteiger charge is -2.52. The Hall–Kier alpha value is -1.58. The van der Waals surface area contributed by atoms with Gasteiger partial charge in [-0.25, -0.2) is 9.59 Å². The van der Waals surface area contributed by atoms with Crippen LogP contribution < -0.4 is 0 Å². The summed E-state index contributed by atoms with van der Waals surface area (Å²) in [5.41, 5.74) is 3.12. The Morgan fingerprint density at radius 2 is 2.00 bits per heavy atom. The van der Waals surface area contributed by atoms with Gasteiger partial charge in [0.15, 0.2) is 0 Å². The van der Waals surface area contributed by atoms with Crippen LogP contribution in [0.25, 0.3) is 0 Å². The van der Waals surface area contributed by atoms with E-state index in [1.165, 1.54) is 5.57 Å². The maximum absolute atomic E-state index is 12.0. The molecule has 0 aromatic heterocycles. The van der Waals surface area contributed by atoms with Crippen LogP contribution in [0, 0.1) is 17.3 Å². The number of fused-ring (bicyclic) bond motifs is 2. The molecule has 0 aromatic carbocycles. The maximum Gasteiger partial charge on any atom is 0.334 e. The molecule has 1 aliphatic heterocycles. The van der Waals surface area contributed by atoms with E-state index in [1.807, 2.05) is 20.8 Å². The molecule has 0 unspecified atom stereocenters. The normalized spacial score (nSPS) is 38.1. The van der Waals surface area contributed by atoms with Gasteiger partial charge in [0, 0.05) is 11.6 Å². The standard InChI is InChI=1S/C20H28O4/c1-11(2)6-18(21)23-15-7-12(3)20(5)10-16-13(4)19(22)24-17(16)9-14(20)8-15/h6,12,14-15,17H,7-10H2,1-5H3/t12-,14+,15+,17+,20+/m0/s1. The molecule has 0 amide bonds. The minimum absolute atomic E-state index is 0.0371. The molecule has 4 heteroatoms. The molecule has 24 heavy (non-hydrogen) atoms. The maximum atomic E-state index is 12.0. The van der Waals surface area contributed by atoms with Crippen molar-refractivity contribution >= 4 is 11.9 Å². The van der Waals surface area contributed by atoms with Crippen molar-refractivity contribution in [2.45, 2.75) is 72.5 Å². The van der Waals surface area contributed by atoms with Crippen LogP contribution in [0.15, 0.2) is 22.8 Å². The van der Waals surface area contributed by atoms with E-state index >= 15 is 0 Å². The molecule has 0 saturated heterocycles. The predicted molar refractivity (Wildman–Crippen MR) is 91.1 cm³/mol. The average Bonchev–Trinajstić information content (AvgIpc) is 2.72. The Bertz CT molecular complexity index is 626. The topological polar surface area (TPSA) is 52.6 Å². The number of ether oxygens (including phenoxy) is 2. The van der Waals surface area contributed by atoms with E-state index in [4.69, 9.17) is 9.47 Å². The first-order valence-corrected chi connectivity index (χ1v) is 8.97. The van der Waals surface area contributed by atoms with E-state index in [0.29, 0.717) is 11.8 Å². The first kappa shape index (κ1) is 17.2. The largest absolute Gasteiger partial charge is 0.459 e. The molecule has 0 radical (unpaired) electrons. The van der Waals surface area contributed by atoms with E-state index in [0.717, 1.165) is 36.8 Å². The van der Waals surface area contributed by atoms with Gasteiger partial charge < -0.3 is 9.47 Å². The zero-order valence-corrected chi connectivity index (χ0v) is 15.3. The molecule has 2 fully saturated rings. The van der Waals surface area contributed by atoms with Crippen LogP contribution in [0.2, 0.25) is 0 Å². The molecule has 2 saturated carbocycles. The summed E-state index contributed by atoms with van der Waals surface area (Å²) in [6.45, 7) is 10.3. The van der Waals surface area contributed by atoms with Crippen molar-refractivity contribution < 1.29 is 19.1 Å². The van der Waals surface area contributed by atoms with E-state index < -0.39 is 0 Å². The van der Waals surface area contributed by atoms with Crippen LogP contribution in [0.5, 0.6) is 0 Å². The molecule has 0 spiro atoms. The smallest absolute Gasteiger partial charge is 0.334 e. The van der Waals surface area contributed by atoms with Crippen molar-refractivity contribution in [1.82, 2.24) is 0 Å². The second kappa shape index (κ2) is 6.05. The van der Waals surface area contributed by atoms with Crippen LogP contribution in [0.1, 0.15) is 60.3 Å². The third-order valence-corrected chi connectivity index (χ3v) is 6.41. The van der Waals surface area contributed by atoms with Crippen LogP contribution in [0.3, 0.4) is 0 Å². The summed E-state index contributed by atoms with van der Waals surface area (Å²) in [5, 5.41) is 0. The quantitative estimate of drug-likeness (QED) is 0.567. The van der Waals surface area contributed by atoms with Crippen molar-refractivity contribution in [3.8, 4) is 0 Å². The van der Waals surface area contributed by atoms with Gasteiger partial charge in [-0.2, -0.15) is 0 Å². The molecule has 3 aliphatic rings. The van der Waals surface area contributed by atoms with E-state index in [2.05, 4.69) is 13.8 Å². The summed E-state index contributed by atoms with van der Waals surface area (Å²) >= 11 is 0.